The van der Waals surface area contributed by atoms with Crippen molar-refractivity contribution in [3.8, 4) is 0 Å². The van der Waals surface area contributed by atoms with Gasteiger partial charge < -0.3 is 10.2 Å². The van der Waals surface area contributed by atoms with Gasteiger partial charge in [-0.05, 0) is 79.3 Å². The number of fused-ring (bicyclic) bond motifs is 5. The van der Waals surface area contributed by atoms with Crippen LogP contribution in [0.15, 0.2) is 42.5 Å². The minimum absolute atomic E-state index is 0.0953. The van der Waals surface area contributed by atoms with Crippen LogP contribution in [-0.2, 0) is 16.1 Å². The van der Waals surface area contributed by atoms with Crippen molar-refractivity contribution in [1.29, 1.82) is 0 Å². The molecule has 1 heterocycles. The number of amides is 2. The van der Waals surface area contributed by atoms with E-state index >= 15 is 0 Å². The lowest BCUT2D eigenvalue weighted by Crippen LogP contribution is -2.59. The van der Waals surface area contributed by atoms with Crippen molar-refractivity contribution in [2.75, 3.05) is 7.05 Å². The van der Waals surface area contributed by atoms with Crippen LogP contribution in [0.2, 0.25) is 0 Å². The van der Waals surface area contributed by atoms with Crippen LogP contribution in [0.5, 0.6) is 0 Å². The SMILES string of the molecule is CN1C(=O)C=C[C@]2(C)C3CC[C@@]4(C)C(CC[C@@H]4CC(=O)NCc4ccccc4)C3CCC12. The molecular formula is C28H38N2O2. The molecule has 32 heavy (non-hydrogen) atoms. The molecule has 0 radical (unpaired) electrons. The lowest BCUT2D eigenvalue weighted by molar-refractivity contribution is -0.139. The summed E-state index contributed by atoms with van der Waals surface area (Å²) < 4.78 is 0. The maximum absolute atomic E-state index is 12.8. The second-order valence-corrected chi connectivity index (χ2v) is 11.4. The van der Waals surface area contributed by atoms with Gasteiger partial charge in [0.15, 0.2) is 0 Å². The summed E-state index contributed by atoms with van der Waals surface area (Å²) in [6.07, 6.45) is 11.9. The third-order valence-corrected chi connectivity index (χ3v) is 10.1. The molecule has 0 bridgehead atoms. The minimum Gasteiger partial charge on any atom is -0.352 e. The maximum Gasteiger partial charge on any atom is 0.246 e. The Labute approximate surface area is 192 Å². The van der Waals surface area contributed by atoms with E-state index in [2.05, 4.69) is 37.4 Å². The topological polar surface area (TPSA) is 49.4 Å². The molecule has 4 heteroatoms. The first-order valence-electron chi connectivity index (χ1n) is 12.6. The number of likely N-dealkylation sites (N-methyl/N-ethyl adjacent to an activating group) is 1. The standard InChI is InChI=1S/C28H38N2O2/c1-27-15-13-23-21(10-12-24-28(23,2)16-14-26(32)30(24)3)22(27)11-9-20(27)17-25(31)29-18-19-7-5-4-6-8-19/h4-8,14,16,20-24H,9-13,15,17-18H2,1-3H3,(H,29,31)/t20-,21?,22?,23?,24?,27-,28-/m1/s1. The lowest BCUT2D eigenvalue weighted by Gasteiger charge is -2.60. The van der Waals surface area contributed by atoms with E-state index in [1.807, 2.05) is 36.2 Å². The zero-order chi connectivity index (χ0) is 22.5. The molecule has 5 rings (SSSR count). The molecule has 1 N–H and O–H groups in total. The molecule has 4 aliphatic rings. The Kier molecular flexibility index (Phi) is 5.46. The fourth-order valence-electron chi connectivity index (χ4n) is 8.27. The number of nitrogens with zero attached hydrogens (tertiary/aromatic N) is 1. The van der Waals surface area contributed by atoms with Gasteiger partial charge in [0.25, 0.3) is 0 Å². The Morgan fingerprint density at radius 3 is 2.62 bits per heavy atom. The Hall–Kier alpha value is -2.10. The van der Waals surface area contributed by atoms with Crippen LogP contribution >= 0.6 is 0 Å². The van der Waals surface area contributed by atoms with Gasteiger partial charge in [0.1, 0.15) is 0 Å². The van der Waals surface area contributed by atoms with Gasteiger partial charge in [-0.25, -0.2) is 0 Å². The molecule has 1 aromatic carbocycles. The van der Waals surface area contributed by atoms with E-state index in [0.717, 1.165) is 17.9 Å². The van der Waals surface area contributed by atoms with Crippen LogP contribution in [0, 0.1) is 34.5 Å². The summed E-state index contributed by atoms with van der Waals surface area (Å²) in [7, 11) is 1.99. The first-order valence-corrected chi connectivity index (χ1v) is 12.6. The minimum atomic E-state index is 0.0953. The summed E-state index contributed by atoms with van der Waals surface area (Å²) in [5.41, 5.74) is 1.53. The van der Waals surface area contributed by atoms with Gasteiger partial charge in [-0.15, -0.1) is 0 Å². The first-order chi connectivity index (χ1) is 15.3. The second kappa shape index (κ2) is 8.04. The molecule has 0 spiro atoms. The predicted octanol–water partition coefficient (Wildman–Crippen LogP) is 4.95. The van der Waals surface area contributed by atoms with Crippen LogP contribution in [0.25, 0.3) is 0 Å². The normalized spacial score (nSPS) is 40.4. The van der Waals surface area contributed by atoms with E-state index in [-0.39, 0.29) is 22.6 Å². The first kappa shape index (κ1) is 21.7. The van der Waals surface area contributed by atoms with Crippen LogP contribution in [0.3, 0.4) is 0 Å². The molecule has 3 saturated carbocycles. The van der Waals surface area contributed by atoms with E-state index in [9.17, 15) is 9.59 Å². The Bertz CT molecular complexity index is 911. The number of rotatable bonds is 4. The summed E-state index contributed by atoms with van der Waals surface area (Å²) >= 11 is 0. The van der Waals surface area contributed by atoms with Crippen molar-refractivity contribution >= 4 is 11.8 Å². The number of nitrogens with one attached hydrogen (secondary N) is 1. The van der Waals surface area contributed by atoms with E-state index in [1.54, 1.807) is 0 Å². The van der Waals surface area contributed by atoms with Gasteiger partial charge >= 0.3 is 0 Å². The fourth-order valence-corrected chi connectivity index (χ4v) is 8.27. The van der Waals surface area contributed by atoms with Gasteiger partial charge in [-0.2, -0.15) is 0 Å². The highest BCUT2D eigenvalue weighted by atomic mass is 16.2. The average Bonchev–Trinajstić information content (AvgIpc) is 3.12. The van der Waals surface area contributed by atoms with Crippen molar-refractivity contribution in [2.24, 2.45) is 34.5 Å². The number of benzene rings is 1. The summed E-state index contributed by atoms with van der Waals surface area (Å²) in [4.78, 5) is 27.1. The van der Waals surface area contributed by atoms with Crippen molar-refractivity contribution in [3.63, 3.8) is 0 Å². The maximum atomic E-state index is 12.8. The molecule has 1 aromatic rings. The molecule has 172 valence electrons. The van der Waals surface area contributed by atoms with Crippen LogP contribution in [0.1, 0.15) is 64.4 Å². The van der Waals surface area contributed by atoms with Crippen LogP contribution in [0.4, 0.5) is 0 Å². The van der Waals surface area contributed by atoms with E-state index in [0.29, 0.717) is 36.8 Å². The number of hydrogen-bond acceptors (Lipinski definition) is 2. The highest BCUT2D eigenvalue weighted by Gasteiger charge is 2.60. The zero-order valence-electron chi connectivity index (χ0n) is 19.8. The summed E-state index contributed by atoms with van der Waals surface area (Å²) in [5, 5.41) is 3.16. The summed E-state index contributed by atoms with van der Waals surface area (Å²) in [5.74, 6) is 2.93. The van der Waals surface area contributed by atoms with Crippen molar-refractivity contribution in [1.82, 2.24) is 10.2 Å². The van der Waals surface area contributed by atoms with Gasteiger partial charge in [0.2, 0.25) is 11.8 Å². The van der Waals surface area contributed by atoms with Gasteiger partial charge in [0.05, 0.1) is 0 Å². The molecular weight excluding hydrogens is 396 g/mol. The molecule has 0 saturated heterocycles. The molecule has 1 aliphatic heterocycles. The Balaban J connectivity index is 1.27. The third kappa shape index (κ3) is 3.41. The van der Waals surface area contributed by atoms with Gasteiger partial charge in [0, 0.05) is 31.5 Å². The van der Waals surface area contributed by atoms with E-state index in [1.165, 1.54) is 32.1 Å². The second-order valence-electron chi connectivity index (χ2n) is 11.4. The number of carbonyl (C=O) groups is 2. The lowest BCUT2D eigenvalue weighted by atomic mass is 9.47. The quantitative estimate of drug-likeness (QED) is 0.729. The monoisotopic (exact) mass is 434 g/mol. The number of hydrogen-bond donors (Lipinski definition) is 1. The predicted molar refractivity (Wildman–Crippen MR) is 126 cm³/mol. The highest BCUT2D eigenvalue weighted by Crippen LogP contribution is 2.65. The Morgan fingerprint density at radius 2 is 1.84 bits per heavy atom. The van der Waals surface area contributed by atoms with E-state index < -0.39 is 0 Å². The fraction of sp³-hybridized carbons (Fsp3) is 0.643. The molecule has 3 fully saturated rings. The number of carbonyl (C=O) groups excluding carboxylic acids is 2. The van der Waals surface area contributed by atoms with Crippen molar-refractivity contribution in [3.05, 3.63) is 48.0 Å². The van der Waals surface area contributed by atoms with Crippen molar-refractivity contribution in [2.45, 2.75) is 71.4 Å². The molecule has 3 aliphatic carbocycles. The van der Waals surface area contributed by atoms with Gasteiger partial charge in [-0.1, -0.05) is 50.3 Å². The molecule has 4 unspecified atom stereocenters. The average molecular weight is 435 g/mol. The molecule has 0 aromatic heterocycles. The Morgan fingerprint density at radius 1 is 1.06 bits per heavy atom. The smallest absolute Gasteiger partial charge is 0.246 e. The zero-order valence-corrected chi connectivity index (χ0v) is 19.8. The van der Waals surface area contributed by atoms with Crippen LogP contribution < -0.4 is 5.32 Å². The van der Waals surface area contributed by atoms with E-state index in [4.69, 9.17) is 0 Å². The highest BCUT2D eigenvalue weighted by molar-refractivity contribution is 5.89. The van der Waals surface area contributed by atoms with Crippen LogP contribution in [-0.4, -0.2) is 29.8 Å². The third-order valence-electron chi connectivity index (χ3n) is 10.1. The summed E-state index contributed by atoms with van der Waals surface area (Å²) in [6.45, 7) is 5.51. The molecule has 4 nitrogen and oxygen atoms in total. The van der Waals surface area contributed by atoms with Gasteiger partial charge in [-0.3, -0.25) is 9.59 Å². The largest absolute Gasteiger partial charge is 0.352 e. The molecule has 2 amide bonds. The summed E-state index contributed by atoms with van der Waals surface area (Å²) in [6, 6.07) is 10.5. The molecule has 7 atom stereocenters. The van der Waals surface area contributed by atoms with Crippen molar-refractivity contribution < 1.29 is 9.59 Å².